The van der Waals surface area contributed by atoms with Crippen molar-refractivity contribution in [3.05, 3.63) is 33.8 Å². The van der Waals surface area contributed by atoms with Crippen molar-refractivity contribution in [2.24, 2.45) is 5.41 Å². The molecule has 0 amide bonds. The van der Waals surface area contributed by atoms with E-state index in [1.165, 1.54) is 6.92 Å². The predicted octanol–water partition coefficient (Wildman–Crippen LogP) is 3.89. The van der Waals surface area contributed by atoms with Gasteiger partial charge in [0.15, 0.2) is 5.78 Å². The van der Waals surface area contributed by atoms with Gasteiger partial charge in [-0.3, -0.25) is 9.59 Å². The summed E-state index contributed by atoms with van der Waals surface area (Å²) in [6.45, 7) is 6.78. The first-order valence-corrected chi connectivity index (χ1v) is 8.40. The molecule has 124 valence electrons. The first kappa shape index (κ1) is 17.9. The largest absolute Gasteiger partial charge is 0.459 e. The molecule has 0 saturated carbocycles. The van der Waals surface area contributed by atoms with Crippen molar-refractivity contribution in [3.8, 4) is 0 Å². The van der Waals surface area contributed by atoms with E-state index >= 15 is 0 Å². The first-order valence-electron chi connectivity index (χ1n) is 7.61. The van der Waals surface area contributed by atoms with Crippen LogP contribution < -0.4 is 0 Å². The summed E-state index contributed by atoms with van der Waals surface area (Å²) in [5, 5.41) is 0. The maximum atomic E-state index is 12.9. The highest BCUT2D eigenvalue weighted by Crippen LogP contribution is 2.43. The van der Waals surface area contributed by atoms with Crippen molar-refractivity contribution in [2.45, 2.75) is 52.6 Å². The lowest BCUT2D eigenvalue weighted by molar-refractivity contribution is -0.164. The van der Waals surface area contributed by atoms with Gasteiger partial charge in [0, 0.05) is 16.5 Å². The van der Waals surface area contributed by atoms with E-state index in [1.54, 1.807) is 32.9 Å². The van der Waals surface area contributed by atoms with Gasteiger partial charge in [-0.2, -0.15) is 0 Å². The molecule has 0 radical (unpaired) electrons. The summed E-state index contributed by atoms with van der Waals surface area (Å²) < 4.78 is 6.36. The molecule has 0 aromatic heterocycles. The molecular formula is C18H21BrO4. The predicted molar refractivity (Wildman–Crippen MR) is 90.4 cm³/mol. The Morgan fingerprint density at radius 3 is 2.52 bits per heavy atom. The number of ketones is 2. The molecule has 0 aliphatic heterocycles. The molecule has 1 atom stereocenters. The van der Waals surface area contributed by atoms with Gasteiger partial charge in [0.05, 0.1) is 0 Å². The molecule has 23 heavy (non-hydrogen) atoms. The Morgan fingerprint density at radius 2 is 1.96 bits per heavy atom. The van der Waals surface area contributed by atoms with E-state index in [9.17, 15) is 14.4 Å². The van der Waals surface area contributed by atoms with E-state index < -0.39 is 17.0 Å². The molecule has 1 aromatic carbocycles. The number of benzene rings is 1. The Hall–Kier alpha value is -1.49. The molecule has 0 heterocycles. The number of carbonyl (C=O) groups excluding carboxylic acids is 3. The minimum absolute atomic E-state index is 0.0436. The Labute approximate surface area is 144 Å². The third kappa shape index (κ3) is 3.71. The van der Waals surface area contributed by atoms with Crippen LogP contribution in [0, 0.1) is 5.41 Å². The molecule has 4 nitrogen and oxygen atoms in total. The number of hydrogen-bond donors (Lipinski definition) is 0. The normalized spacial score (nSPS) is 20.3. The molecule has 0 unspecified atom stereocenters. The van der Waals surface area contributed by atoms with Crippen LogP contribution >= 0.6 is 15.9 Å². The number of rotatable bonds is 4. The second-order valence-electron chi connectivity index (χ2n) is 7.09. The minimum Gasteiger partial charge on any atom is -0.459 e. The Bertz CT molecular complexity index is 672. The highest BCUT2D eigenvalue weighted by molar-refractivity contribution is 9.10. The summed E-state index contributed by atoms with van der Waals surface area (Å²) in [5.41, 5.74) is -0.612. The standard InChI is InChI=1S/C18H21BrO4/c1-11(20)7-8-18(16(22)23-17(2,3)4)10-12-9-13(19)5-6-14(12)15(18)21/h5-6,9H,7-8,10H2,1-4H3/t18-/m1/s1. The van der Waals surface area contributed by atoms with Gasteiger partial charge < -0.3 is 9.53 Å². The van der Waals surface area contributed by atoms with Crippen molar-refractivity contribution >= 4 is 33.5 Å². The van der Waals surface area contributed by atoms with E-state index in [2.05, 4.69) is 15.9 Å². The van der Waals surface area contributed by atoms with Crippen molar-refractivity contribution < 1.29 is 19.1 Å². The lowest BCUT2D eigenvalue weighted by atomic mass is 9.78. The number of esters is 1. The third-order valence-electron chi connectivity index (χ3n) is 3.93. The number of halogens is 1. The summed E-state index contributed by atoms with van der Waals surface area (Å²) >= 11 is 3.39. The van der Waals surface area contributed by atoms with E-state index in [1.807, 2.05) is 6.07 Å². The third-order valence-corrected chi connectivity index (χ3v) is 4.43. The fourth-order valence-electron chi connectivity index (χ4n) is 2.83. The number of fused-ring (bicyclic) bond motifs is 1. The topological polar surface area (TPSA) is 60.4 Å². The smallest absolute Gasteiger partial charge is 0.320 e. The fraction of sp³-hybridized carbons (Fsp3) is 0.500. The molecule has 2 rings (SSSR count). The maximum Gasteiger partial charge on any atom is 0.320 e. The summed E-state index contributed by atoms with van der Waals surface area (Å²) in [4.78, 5) is 37.1. The van der Waals surface area contributed by atoms with Crippen molar-refractivity contribution in [1.82, 2.24) is 0 Å². The van der Waals surface area contributed by atoms with E-state index in [4.69, 9.17) is 4.74 Å². The highest BCUT2D eigenvalue weighted by atomic mass is 79.9. The van der Waals surface area contributed by atoms with Crippen LogP contribution in [0.4, 0.5) is 0 Å². The number of ether oxygens (including phenoxy) is 1. The summed E-state index contributed by atoms with van der Waals surface area (Å²) in [5.74, 6) is -0.822. The molecular weight excluding hydrogens is 360 g/mol. The lowest BCUT2D eigenvalue weighted by Crippen LogP contribution is -2.42. The van der Waals surface area contributed by atoms with Gasteiger partial charge in [-0.05, 0) is 64.3 Å². The minimum atomic E-state index is -1.29. The Balaban J connectivity index is 2.42. The van der Waals surface area contributed by atoms with Crippen LogP contribution in [0.25, 0.3) is 0 Å². The monoisotopic (exact) mass is 380 g/mol. The van der Waals surface area contributed by atoms with Crippen molar-refractivity contribution in [1.29, 1.82) is 0 Å². The van der Waals surface area contributed by atoms with Crippen LogP contribution in [0.1, 0.15) is 56.5 Å². The lowest BCUT2D eigenvalue weighted by Gasteiger charge is -2.29. The summed E-state index contributed by atoms with van der Waals surface area (Å²) in [6.07, 6.45) is 0.644. The van der Waals surface area contributed by atoms with Crippen LogP contribution in [0.3, 0.4) is 0 Å². The van der Waals surface area contributed by atoms with E-state index in [0.717, 1.165) is 10.0 Å². The first-order chi connectivity index (χ1) is 10.5. The van der Waals surface area contributed by atoms with E-state index in [-0.39, 0.29) is 30.8 Å². The van der Waals surface area contributed by atoms with Crippen LogP contribution in [-0.2, 0) is 20.7 Å². The van der Waals surface area contributed by atoms with Gasteiger partial charge in [0.2, 0.25) is 0 Å². The van der Waals surface area contributed by atoms with Crippen LogP contribution in [-0.4, -0.2) is 23.1 Å². The molecule has 5 heteroatoms. The van der Waals surface area contributed by atoms with Crippen molar-refractivity contribution in [2.75, 3.05) is 0 Å². The molecule has 0 fully saturated rings. The van der Waals surface area contributed by atoms with Crippen LogP contribution in [0.15, 0.2) is 22.7 Å². The average Bonchev–Trinajstić information content (AvgIpc) is 2.68. The van der Waals surface area contributed by atoms with Gasteiger partial charge in [-0.15, -0.1) is 0 Å². The zero-order chi connectivity index (χ0) is 17.4. The molecule has 0 N–H and O–H groups in total. The Morgan fingerprint density at radius 1 is 1.30 bits per heavy atom. The zero-order valence-corrected chi connectivity index (χ0v) is 15.5. The molecule has 0 spiro atoms. The second-order valence-corrected chi connectivity index (χ2v) is 8.01. The molecule has 0 saturated heterocycles. The number of Topliss-reactive ketones (excluding diaryl/α,β-unsaturated/α-hetero) is 2. The highest BCUT2D eigenvalue weighted by Gasteiger charge is 2.53. The van der Waals surface area contributed by atoms with E-state index in [0.29, 0.717) is 5.56 Å². The SMILES string of the molecule is CC(=O)CC[C@@]1(C(=O)OC(C)(C)C)Cc2cc(Br)ccc2C1=O. The zero-order valence-electron chi connectivity index (χ0n) is 13.9. The second kappa shape index (κ2) is 6.19. The maximum absolute atomic E-state index is 12.9. The number of hydrogen-bond acceptors (Lipinski definition) is 4. The van der Waals surface area contributed by atoms with Gasteiger partial charge >= 0.3 is 5.97 Å². The Kier molecular flexibility index (Phi) is 4.81. The van der Waals surface area contributed by atoms with Crippen LogP contribution in [0.5, 0.6) is 0 Å². The van der Waals surface area contributed by atoms with Crippen LogP contribution in [0.2, 0.25) is 0 Å². The molecule has 1 aromatic rings. The summed E-state index contributed by atoms with van der Waals surface area (Å²) in [6, 6.07) is 5.36. The van der Waals surface area contributed by atoms with Crippen molar-refractivity contribution in [3.63, 3.8) is 0 Å². The van der Waals surface area contributed by atoms with Gasteiger partial charge in [0.25, 0.3) is 0 Å². The number of carbonyl (C=O) groups is 3. The quantitative estimate of drug-likeness (QED) is 0.587. The summed E-state index contributed by atoms with van der Waals surface area (Å²) in [7, 11) is 0. The fourth-order valence-corrected chi connectivity index (χ4v) is 3.24. The van der Waals surface area contributed by atoms with Gasteiger partial charge in [-0.1, -0.05) is 15.9 Å². The average molecular weight is 381 g/mol. The molecule has 0 bridgehead atoms. The molecule has 1 aliphatic rings. The van der Waals surface area contributed by atoms with Gasteiger partial charge in [0.1, 0.15) is 16.8 Å². The van der Waals surface area contributed by atoms with Gasteiger partial charge in [-0.25, -0.2) is 0 Å². The molecule has 1 aliphatic carbocycles.